The van der Waals surface area contributed by atoms with Crippen LogP contribution in [0.15, 0.2) is 84.9 Å². The molecular formula is C28H24N2O4. The van der Waals surface area contributed by atoms with Gasteiger partial charge in [0, 0.05) is 12.5 Å². The van der Waals surface area contributed by atoms with Crippen LogP contribution in [-0.2, 0) is 20.8 Å². The van der Waals surface area contributed by atoms with Gasteiger partial charge in [0.2, 0.25) is 11.8 Å². The van der Waals surface area contributed by atoms with Crippen LogP contribution in [-0.4, -0.2) is 28.4 Å². The summed E-state index contributed by atoms with van der Waals surface area (Å²) >= 11 is 0. The minimum absolute atomic E-state index is 0.0967. The van der Waals surface area contributed by atoms with E-state index in [1.54, 1.807) is 0 Å². The van der Waals surface area contributed by atoms with Gasteiger partial charge in [-0.3, -0.25) is 25.0 Å². The number of aliphatic carboxylic acids is 1. The molecule has 0 bridgehead atoms. The summed E-state index contributed by atoms with van der Waals surface area (Å²) in [5.74, 6) is -3.90. The zero-order valence-corrected chi connectivity index (χ0v) is 18.3. The first-order chi connectivity index (χ1) is 16.5. The van der Waals surface area contributed by atoms with Crippen LogP contribution in [0.2, 0.25) is 0 Å². The third-order valence-electron chi connectivity index (χ3n) is 6.76. The monoisotopic (exact) mass is 452 g/mol. The van der Waals surface area contributed by atoms with Crippen molar-refractivity contribution in [3.8, 4) is 0 Å². The van der Waals surface area contributed by atoms with Crippen LogP contribution in [0.5, 0.6) is 0 Å². The Bertz CT molecular complexity index is 1250. The van der Waals surface area contributed by atoms with Crippen molar-refractivity contribution < 1.29 is 19.5 Å². The first kappa shape index (κ1) is 21.8. The SMILES string of the molecule is O=C1NC(=O)C2C1C(c1ccc(/C=C/c3ccccc3)cc1)NC2(Cc1ccccc1)C(=O)O. The Labute approximate surface area is 197 Å². The van der Waals surface area contributed by atoms with Crippen LogP contribution in [0, 0.1) is 11.8 Å². The van der Waals surface area contributed by atoms with E-state index in [2.05, 4.69) is 10.6 Å². The van der Waals surface area contributed by atoms with Crippen LogP contribution in [0.3, 0.4) is 0 Å². The molecule has 3 aromatic rings. The normalized spacial score (nSPS) is 25.9. The highest BCUT2D eigenvalue weighted by Crippen LogP contribution is 2.47. The van der Waals surface area contributed by atoms with Crippen LogP contribution in [0.25, 0.3) is 12.2 Å². The smallest absolute Gasteiger partial charge is 0.325 e. The van der Waals surface area contributed by atoms with Crippen molar-refractivity contribution in [2.24, 2.45) is 11.8 Å². The molecule has 2 aliphatic rings. The molecule has 2 fully saturated rings. The van der Waals surface area contributed by atoms with E-state index in [0.29, 0.717) is 0 Å². The summed E-state index contributed by atoms with van der Waals surface area (Å²) in [6.45, 7) is 0. The summed E-state index contributed by atoms with van der Waals surface area (Å²) in [6, 6.07) is 26.2. The Morgan fingerprint density at radius 1 is 0.824 bits per heavy atom. The van der Waals surface area contributed by atoms with Gasteiger partial charge in [-0.2, -0.15) is 0 Å². The molecule has 0 aromatic heterocycles. The molecular weight excluding hydrogens is 428 g/mol. The number of hydrogen-bond donors (Lipinski definition) is 3. The summed E-state index contributed by atoms with van der Waals surface area (Å²) in [5.41, 5.74) is 2.03. The van der Waals surface area contributed by atoms with E-state index in [-0.39, 0.29) is 6.42 Å². The molecule has 3 N–H and O–H groups in total. The van der Waals surface area contributed by atoms with Gasteiger partial charge >= 0.3 is 5.97 Å². The number of carboxylic acid groups (broad SMARTS) is 1. The number of benzene rings is 3. The zero-order chi connectivity index (χ0) is 23.7. The molecule has 0 saturated carbocycles. The number of imide groups is 1. The maximum Gasteiger partial charge on any atom is 0.325 e. The Morgan fingerprint density at radius 2 is 1.41 bits per heavy atom. The number of carboxylic acids is 1. The molecule has 2 heterocycles. The molecule has 2 saturated heterocycles. The minimum atomic E-state index is -1.58. The molecule has 34 heavy (non-hydrogen) atoms. The van der Waals surface area contributed by atoms with Gasteiger partial charge in [-0.1, -0.05) is 97.1 Å². The second-order valence-electron chi connectivity index (χ2n) is 8.83. The van der Waals surface area contributed by atoms with Gasteiger partial charge in [0.15, 0.2) is 0 Å². The largest absolute Gasteiger partial charge is 0.480 e. The molecule has 0 spiro atoms. The number of amides is 2. The van der Waals surface area contributed by atoms with Crippen molar-refractivity contribution in [2.45, 2.75) is 18.0 Å². The van der Waals surface area contributed by atoms with Crippen LogP contribution >= 0.6 is 0 Å². The second kappa shape index (κ2) is 8.72. The summed E-state index contributed by atoms with van der Waals surface area (Å²) in [7, 11) is 0. The topological polar surface area (TPSA) is 95.5 Å². The number of carbonyl (C=O) groups excluding carboxylic acids is 2. The molecule has 4 unspecified atom stereocenters. The molecule has 6 heteroatoms. The first-order valence-electron chi connectivity index (χ1n) is 11.2. The molecule has 6 nitrogen and oxygen atoms in total. The Balaban J connectivity index is 1.47. The quantitative estimate of drug-likeness (QED) is 0.393. The lowest BCUT2D eigenvalue weighted by atomic mass is 9.76. The maximum absolute atomic E-state index is 12.8. The number of hydrogen-bond acceptors (Lipinski definition) is 4. The van der Waals surface area contributed by atoms with Crippen LogP contribution < -0.4 is 10.6 Å². The van der Waals surface area contributed by atoms with E-state index >= 15 is 0 Å². The fourth-order valence-corrected chi connectivity index (χ4v) is 5.14. The van der Waals surface area contributed by atoms with Crippen molar-refractivity contribution >= 4 is 29.9 Å². The van der Waals surface area contributed by atoms with Crippen molar-refractivity contribution in [3.63, 3.8) is 0 Å². The molecule has 0 radical (unpaired) electrons. The highest BCUT2D eigenvalue weighted by molar-refractivity contribution is 6.09. The third-order valence-corrected chi connectivity index (χ3v) is 6.76. The average Bonchev–Trinajstić information content (AvgIpc) is 3.36. The second-order valence-corrected chi connectivity index (χ2v) is 8.83. The molecule has 5 rings (SSSR count). The highest BCUT2D eigenvalue weighted by Gasteiger charge is 2.66. The van der Waals surface area contributed by atoms with E-state index < -0.39 is 41.2 Å². The summed E-state index contributed by atoms with van der Waals surface area (Å²) in [4.78, 5) is 38.2. The number of nitrogens with one attached hydrogen (secondary N) is 2. The lowest BCUT2D eigenvalue weighted by molar-refractivity contribution is -0.149. The molecule has 0 aliphatic carbocycles. The third kappa shape index (κ3) is 3.82. The number of carbonyl (C=O) groups is 3. The van der Waals surface area contributed by atoms with E-state index in [0.717, 1.165) is 22.3 Å². The maximum atomic E-state index is 12.8. The van der Waals surface area contributed by atoms with Crippen LogP contribution in [0.4, 0.5) is 0 Å². The van der Waals surface area contributed by atoms with Crippen molar-refractivity contribution in [2.75, 3.05) is 0 Å². The van der Waals surface area contributed by atoms with Gasteiger partial charge in [0.1, 0.15) is 5.54 Å². The van der Waals surface area contributed by atoms with Gasteiger partial charge in [-0.05, 0) is 22.3 Å². The molecule has 2 amide bonds. The van der Waals surface area contributed by atoms with Crippen molar-refractivity contribution in [1.82, 2.24) is 10.6 Å². The number of rotatable bonds is 6. The Hall–Kier alpha value is -4.03. The van der Waals surface area contributed by atoms with Gasteiger partial charge in [0.05, 0.1) is 11.8 Å². The molecule has 170 valence electrons. The summed E-state index contributed by atoms with van der Waals surface area (Å²) < 4.78 is 0. The first-order valence-corrected chi connectivity index (χ1v) is 11.2. The van der Waals surface area contributed by atoms with Gasteiger partial charge in [0.25, 0.3) is 0 Å². The lowest BCUT2D eigenvalue weighted by Crippen LogP contribution is -2.57. The summed E-state index contributed by atoms with van der Waals surface area (Å²) in [5, 5.41) is 15.9. The number of fused-ring (bicyclic) bond motifs is 1. The standard InChI is InChI=1S/C28H24N2O4/c31-25-22-23(26(32)29-25)28(27(33)34,17-20-9-5-2-6-10-20)30-24(22)21-15-13-19(14-16-21)12-11-18-7-3-1-4-8-18/h1-16,22-24,30H,17H2,(H,33,34)(H,29,31,32)/b12-11+. The zero-order valence-electron chi connectivity index (χ0n) is 18.3. The van der Waals surface area contributed by atoms with Gasteiger partial charge < -0.3 is 5.11 Å². The average molecular weight is 453 g/mol. The molecule has 4 atom stereocenters. The van der Waals surface area contributed by atoms with Crippen molar-refractivity contribution in [3.05, 3.63) is 107 Å². The Morgan fingerprint density at radius 3 is 2.03 bits per heavy atom. The van der Waals surface area contributed by atoms with Gasteiger partial charge in [-0.15, -0.1) is 0 Å². The molecule has 2 aliphatic heterocycles. The lowest BCUT2D eigenvalue weighted by Gasteiger charge is -2.30. The van der Waals surface area contributed by atoms with Crippen LogP contribution in [0.1, 0.15) is 28.3 Å². The van der Waals surface area contributed by atoms with E-state index in [1.807, 2.05) is 97.1 Å². The van der Waals surface area contributed by atoms with Gasteiger partial charge in [-0.25, -0.2) is 0 Å². The summed E-state index contributed by atoms with van der Waals surface area (Å²) in [6.07, 6.45) is 4.10. The Kier molecular flexibility index (Phi) is 5.59. The van der Waals surface area contributed by atoms with E-state index in [4.69, 9.17) is 0 Å². The molecule has 3 aromatic carbocycles. The minimum Gasteiger partial charge on any atom is -0.480 e. The fourth-order valence-electron chi connectivity index (χ4n) is 5.14. The fraction of sp³-hybridized carbons (Fsp3) is 0.179. The predicted octanol–water partition coefficient (Wildman–Crippen LogP) is 3.46. The highest BCUT2D eigenvalue weighted by atomic mass is 16.4. The van der Waals surface area contributed by atoms with Crippen molar-refractivity contribution in [1.29, 1.82) is 0 Å². The van der Waals surface area contributed by atoms with E-state index in [1.165, 1.54) is 0 Å². The predicted molar refractivity (Wildman–Crippen MR) is 128 cm³/mol. The van der Waals surface area contributed by atoms with E-state index in [9.17, 15) is 19.5 Å².